The zero-order valence-corrected chi connectivity index (χ0v) is 14.4. The molecule has 2 N–H and O–H groups in total. The van der Waals surface area contributed by atoms with E-state index in [2.05, 4.69) is 27.7 Å². The molecule has 0 radical (unpaired) electrons. The van der Waals surface area contributed by atoms with Crippen molar-refractivity contribution in [3.8, 4) is 11.5 Å². The summed E-state index contributed by atoms with van der Waals surface area (Å²) in [4.78, 5) is 0. The van der Waals surface area contributed by atoms with E-state index in [1.165, 1.54) is 0 Å². The van der Waals surface area contributed by atoms with Crippen LogP contribution in [0.4, 0.5) is 0 Å². The van der Waals surface area contributed by atoms with Crippen LogP contribution < -0.4 is 0 Å². The summed E-state index contributed by atoms with van der Waals surface area (Å²) in [5.41, 5.74) is 2.03. The summed E-state index contributed by atoms with van der Waals surface area (Å²) in [5, 5.41) is 18.6. The van der Waals surface area contributed by atoms with Crippen LogP contribution in [0.2, 0.25) is 0 Å². The van der Waals surface area contributed by atoms with E-state index in [0.29, 0.717) is 23.3 Å². The van der Waals surface area contributed by atoms with Gasteiger partial charge in [0.2, 0.25) is 0 Å². The van der Waals surface area contributed by atoms with Crippen molar-refractivity contribution >= 4 is 0 Å². The molecule has 2 rings (SSSR count). The topological polar surface area (TPSA) is 40.5 Å². The van der Waals surface area contributed by atoms with Crippen molar-refractivity contribution in [3.05, 3.63) is 59.7 Å². The number of para-hydroxylation sites is 2. The minimum Gasteiger partial charge on any atom is -0.508 e. The predicted octanol–water partition coefficient (Wildman–Crippen LogP) is 5.03. The van der Waals surface area contributed by atoms with Gasteiger partial charge >= 0.3 is 0 Å². The van der Waals surface area contributed by atoms with Crippen LogP contribution in [0.5, 0.6) is 11.5 Å². The van der Waals surface area contributed by atoms with Gasteiger partial charge in [0.25, 0.3) is 0 Å². The molecule has 0 atom stereocenters. The van der Waals surface area contributed by atoms with Crippen LogP contribution in [-0.2, 0) is 17.4 Å². The van der Waals surface area contributed by atoms with Crippen LogP contribution in [0, 0.1) is 0 Å². The number of hydrogen-bond acceptors (Lipinski definition) is 2. The normalized spacial score (nSPS) is 9.81. The van der Waals surface area contributed by atoms with Gasteiger partial charge in [-0.2, -0.15) is 0 Å². The Morgan fingerprint density at radius 2 is 0.905 bits per heavy atom. The number of phenols is 2. The Labute approximate surface area is 138 Å². The van der Waals surface area contributed by atoms with Gasteiger partial charge in [0, 0.05) is 17.4 Å². The second-order valence-electron chi connectivity index (χ2n) is 5.43. The van der Waals surface area contributed by atoms with E-state index in [1.807, 2.05) is 36.4 Å². The Bertz CT molecular complexity index is 487. The van der Waals surface area contributed by atoms with Crippen LogP contribution >= 0.6 is 0 Å². The first-order valence-electron chi connectivity index (χ1n) is 6.99. The quantitative estimate of drug-likeness (QED) is 0.813. The van der Waals surface area contributed by atoms with Crippen molar-refractivity contribution < 1.29 is 27.6 Å². The minimum atomic E-state index is 0. The third-order valence-electron chi connectivity index (χ3n) is 3.12. The van der Waals surface area contributed by atoms with E-state index in [1.54, 1.807) is 12.1 Å². The van der Waals surface area contributed by atoms with Gasteiger partial charge in [-0.05, 0) is 35.1 Å². The molecule has 21 heavy (non-hydrogen) atoms. The van der Waals surface area contributed by atoms with E-state index in [4.69, 9.17) is 0 Å². The molecule has 0 heterocycles. The summed E-state index contributed by atoms with van der Waals surface area (Å²) in [6.07, 6.45) is 0. The molecule has 0 saturated heterocycles. The van der Waals surface area contributed by atoms with Crippen molar-refractivity contribution in [1.29, 1.82) is 0 Å². The van der Waals surface area contributed by atoms with Gasteiger partial charge in [-0.1, -0.05) is 64.1 Å². The smallest absolute Gasteiger partial charge is 0.119 e. The third kappa shape index (κ3) is 6.25. The first kappa shape index (κ1) is 19.6. The molecule has 0 aliphatic heterocycles. The summed E-state index contributed by atoms with van der Waals surface area (Å²) >= 11 is 0. The van der Waals surface area contributed by atoms with Gasteiger partial charge in [0.15, 0.2) is 0 Å². The van der Waals surface area contributed by atoms with Crippen LogP contribution in [-0.4, -0.2) is 10.2 Å². The molecule has 3 heteroatoms. The van der Waals surface area contributed by atoms with E-state index < -0.39 is 0 Å². The molecule has 0 amide bonds. The standard InChI is InChI=1S/2C9H12O.Cr/c2*1-7(2)8-5-3-4-6-9(8)10;/h2*3-7,10H,1-2H3;. The molecule has 2 nitrogen and oxygen atoms in total. The summed E-state index contributed by atoms with van der Waals surface area (Å²) in [7, 11) is 0. The fourth-order valence-corrected chi connectivity index (χ4v) is 1.95. The zero-order chi connectivity index (χ0) is 15.1. The van der Waals surface area contributed by atoms with Gasteiger partial charge in [0.1, 0.15) is 11.5 Å². The maximum Gasteiger partial charge on any atom is 0.119 e. The average Bonchev–Trinajstić information content (AvgIpc) is 2.40. The number of phenolic OH excluding ortho intramolecular Hbond substituents is 2. The predicted molar refractivity (Wildman–Crippen MR) is 84.4 cm³/mol. The largest absolute Gasteiger partial charge is 0.508 e. The number of hydrogen-bond donors (Lipinski definition) is 2. The van der Waals surface area contributed by atoms with Gasteiger partial charge in [0.05, 0.1) is 0 Å². The van der Waals surface area contributed by atoms with Gasteiger partial charge in [-0.3, -0.25) is 0 Å². The fourth-order valence-electron chi connectivity index (χ4n) is 1.95. The van der Waals surface area contributed by atoms with E-state index >= 15 is 0 Å². The third-order valence-corrected chi connectivity index (χ3v) is 3.12. The van der Waals surface area contributed by atoms with Gasteiger partial charge in [-0.15, -0.1) is 0 Å². The van der Waals surface area contributed by atoms with Crippen LogP contribution in [0.3, 0.4) is 0 Å². The van der Waals surface area contributed by atoms with Crippen molar-refractivity contribution in [2.24, 2.45) is 0 Å². The Morgan fingerprint density at radius 3 is 1.10 bits per heavy atom. The molecule has 0 spiro atoms. The van der Waals surface area contributed by atoms with Crippen LogP contribution in [0.1, 0.15) is 50.7 Å². The summed E-state index contributed by atoms with van der Waals surface area (Å²) < 4.78 is 0. The average molecular weight is 324 g/mol. The minimum absolute atomic E-state index is 0. The number of aromatic hydroxyl groups is 2. The van der Waals surface area contributed by atoms with Gasteiger partial charge in [-0.25, -0.2) is 0 Å². The SMILES string of the molecule is CC(C)c1ccccc1O.CC(C)c1ccccc1O.[Cr]. The van der Waals surface area contributed by atoms with Crippen molar-refractivity contribution in [3.63, 3.8) is 0 Å². The zero-order valence-electron chi connectivity index (χ0n) is 13.1. The maximum absolute atomic E-state index is 9.28. The van der Waals surface area contributed by atoms with Crippen molar-refractivity contribution in [1.82, 2.24) is 0 Å². The Morgan fingerprint density at radius 1 is 0.619 bits per heavy atom. The molecule has 114 valence electrons. The molecular weight excluding hydrogens is 300 g/mol. The first-order chi connectivity index (χ1) is 9.43. The summed E-state index contributed by atoms with van der Waals surface area (Å²) in [6, 6.07) is 14.9. The Kier molecular flexibility index (Phi) is 8.85. The van der Waals surface area contributed by atoms with Crippen molar-refractivity contribution in [2.75, 3.05) is 0 Å². The Hall–Kier alpha value is -1.43. The molecule has 0 aliphatic rings. The van der Waals surface area contributed by atoms with Crippen LogP contribution in [0.25, 0.3) is 0 Å². The molecule has 0 saturated carbocycles. The molecule has 2 aromatic carbocycles. The van der Waals surface area contributed by atoms with Crippen molar-refractivity contribution in [2.45, 2.75) is 39.5 Å². The molecule has 0 aliphatic carbocycles. The molecular formula is C18H24CrO2. The maximum atomic E-state index is 9.28. The second kappa shape index (κ2) is 9.50. The molecule has 0 aromatic heterocycles. The first-order valence-corrected chi connectivity index (χ1v) is 6.99. The van der Waals surface area contributed by atoms with Gasteiger partial charge < -0.3 is 10.2 Å². The van der Waals surface area contributed by atoms with E-state index in [0.717, 1.165) is 11.1 Å². The van der Waals surface area contributed by atoms with E-state index in [9.17, 15) is 10.2 Å². The van der Waals surface area contributed by atoms with E-state index in [-0.39, 0.29) is 17.4 Å². The Balaban J connectivity index is 0.000000364. The fraction of sp³-hybridized carbons (Fsp3) is 0.333. The summed E-state index contributed by atoms with van der Waals surface area (Å²) in [6.45, 7) is 8.26. The summed E-state index contributed by atoms with van der Waals surface area (Å²) in [5.74, 6) is 1.61. The molecule has 0 bridgehead atoms. The second-order valence-corrected chi connectivity index (χ2v) is 5.43. The molecule has 2 aromatic rings. The number of benzene rings is 2. The molecule has 0 fully saturated rings. The van der Waals surface area contributed by atoms with Crippen LogP contribution in [0.15, 0.2) is 48.5 Å². The number of rotatable bonds is 2. The monoisotopic (exact) mass is 324 g/mol. The molecule has 0 unspecified atom stereocenters.